The number of esters is 1. The largest absolute Gasteiger partial charge is 0.420 e. The van der Waals surface area contributed by atoms with E-state index in [0.717, 1.165) is 12.3 Å². The van der Waals surface area contributed by atoms with Gasteiger partial charge in [-0.25, -0.2) is 24.1 Å². The van der Waals surface area contributed by atoms with Crippen molar-refractivity contribution in [3.63, 3.8) is 0 Å². The van der Waals surface area contributed by atoms with E-state index in [1.165, 1.54) is 6.33 Å². The third kappa shape index (κ3) is 3.82. The van der Waals surface area contributed by atoms with E-state index in [2.05, 4.69) is 25.3 Å². The second kappa shape index (κ2) is 8.03. The third-order valence-electron chi connectivity index (χ3n) is 4.44. The fraction of sp³-hybridized carbons (Fsp3) is 0.100. The average molecular weight is 418 g/mol. The summed E-state index contributed by atoms with van der Waals surface area (Å²) in [4.78, 5) is 28.8. The molecule has 0 amide bonds. The van der Waals surface area contributed by atoms with Crippen molar-refractivity contribution < 1.29 is 13.9 Å². The van der Waals surface area contributed by atoms with Crippen molar-refractivity contribution >= 4 is 23.3 Å². The number of carbonyl (C=O) groups excluding carboxylic acids is 1. The summed E-state index contributed by atoms with van der Waals surface area (Å²) in [5, 5.41) is 12.3. The third-order valence-corrected chi connectivity index (χ3v) is 4.44. The van der Waals surface area contributed by atoms with Gasteiger partial charge in [-0.05, 0) is 19.1 Å². The van der Waals surface area contributed by atoms with Crippen molar-refractivity contribution in [3.05, 3.63) is 72.0 Å². The molecule has 4 heterocycles. The number of ether oxygens (including phenoxy) is 1. The lowest BCUT2D eigenvalue weighted by molar-refractivity contribution is 0.0723. The predicted octanol–water partition coefficient (Wildman–Crippen LogP) is 2.50. The van der Waals surface area contributed by atoms with E-state index in [4.69, 9.17) is 10.5 Å². The Morgan fingerprint density at radius 2 is 2.16 bits per heavy atom. The Morgan fingerprint density at radius 3 is 2.97 bits per heavy atom. The minimum absolute atomic E-state index is 0.0133. The first-order valence-corrected chi connectivity index (χ1v) is 9.04. The summed E-state index contributed by atoms with van der Waals surface area (Å²) in [6.07, 6.45) is 5.37. The van der Waals surface area contributed by atoms with Crippen LogP contribution in [0, 0.1) is 17.1 Å². The number of carbonyl (C=O) groups is 1. The molecule has 0 aliphatic carbocycles. The van der Waals surface area contributed by atoms with Crippen molar-refractivity contribution in [2.24, 2.45) is 0 Å². The van der Waals surface area contributed by atoms with Gasteiger partial charge in [0.25, 0.3) is 0 Å². The van der Waals surface area contributed by atoms with Crippen LogP contribution in [0.2, 0.25) is 0 Å². The Balaban J connectivity index is 1.65. The van der Waals surface area contributed by atoms with Gasteiger partial charge in [0.05, 0.1) is 12.2 Å². The minimum Gasteiger partial charge on any atom is -0.420 e. The Bertz CT molecular complexity index is 1330. The van der Waals surface area contributed by atoms with Crippen LogP contribution in [-0.4, -0.2) is 30.3 Å². The van der Waals surface area contributed by atoms with Crippen LogP contribution in [0.1, 0.15) is 34.7 Å². The van der Waals surface area contributed by atoms with Gasteiger partial charge in [-0.1, -0.05) is 6.07 Å². The molecule has 1 atom stereocenters. The van der Waals surface area contributed by atoms with E-state index in [9.17, 15) is 14.4 Å². The van der Waals surface area contributed by atoms with Gasteiger partial charge < -0.3 is 15.8 Å². The minimum atomic E-state index is -0.714. The number of nitrogen functional groups attached to an aromatic ring is 1. The van der Waals surface area contributed by atoms with Crippen LogP contribution < -0.4 is 15.8 Å². The lowest BCUT2D eigenvalue weighted by Crippen LogP contribution is -2.17. The van der Waals surface area contributed by atoms with E-state index in [-0.39, 0.29) is 34.3 Å². The molecule has 31 heavy (non-hydrogen) atoms. The zero-order valence-electron chi connectivity index (χ0n) is 16.2. The molecule has 154 valence electrons. The summed E-state index contributed by atoms with van der Waals surface area (Å²) in [5.41, 5.74) is 6.77. The molecular formula is C20H15FN8O2. The van der Waals surface area contributed by atoms with Crippen LogP contribution in [0.5, 0.6) is 5.75 Å². The van der Waals surface area contributed by atoms with Crippen molar-refractivity contribution in [1.29, 1.82) is 5.26 Å². The van der Waals surface area contributed by atoms with E-state index in [0.29, 0.717) is 5.65 Å². The molecule has 0 fully saturated rings. The van der Waals surface area contributed by atoms with Gasteiger partial charge in [-0.3, -0.25) is 9.38 Å². The first-order valence-electron chi connectivity index (χ1n) is 9.04. The summed E-state index contributed by atoms with van der Waals surface area (Å²) >= 11 is 0. The molecule has 4 aromatic heterocycles. The quantitative estimate of drug-likeness (QED) is 0.467. The molecule has 0 spiro atoms. The molecule has 0 aliphatic heterocycles. The molecule has 10 nitrogen and oxygen atoms in total. The van der Waals surface area contributed by atoms with Gasteiger partial charge in [0.2, 0.25) is 0 Å². The Morgan fingerprint density at radius 1 is 1.32 bits per heavy atom. The van der Waals surface area contributed by atoms with Crippen LogP contribution in [0.15, 0.2) is 49.2 Å². The summed E-state index contributed by atoms with van der Waals surface area (Å²) in [5.74, 6) is -1.28. The topological polar surface area (TPSA) is 144 Å². The van der Waals surface area contributed by atoms with E-state index in [1.54, 1.807) is 41.9 Å². The zero-order chi connectivity index (χ0) is 22.0. The number of hydrogen-bond donors (Lipinski definition) is 2. The number of rotatable bonds is 5. The molecule has 0 unspecified atom stereocenters. The fourth-order valence-electron chi connectivity index (χ4n) is 3.00. The average Bonchev–Trinajstić information content (AvgIpc) is 3.23. The number of fused-ring (bicyclic) bond motifs is 1. The van der Waals surface area contributed by atoms with Crippen molar-refractivity contribution in [2.75, 3.05) is 11.1 Å². The molecule has 0 saturated carbocycles. The highest BCUT2D eigenvalue weighted by molar-refractivity contribution is 5.90. The van der Waals surface area contributed by atoms with Crippen LogP contribution in [0.25, 0.3) is 5.65 Å². The number of pyridine rings is 2. The lowest BCUT2D eigenvalue weighted by Gasteiger charge is -2.18. The second-order valence-electron chi connectivity index (χ2n) is 6.45. The Kier molecular flexibility index (Phi) is 5.11. The summed E-state index contributed by atoms with van der Waals surface area (Å²) in [6.45, 7) is 1.69. The van der Waals surface area contributed by atoms with Gasteiger partial charge in [-0.15, -0.1) is 0 Å². The number of nitrogens with two attached hydrogens (primary N) is 1. The van der Waals surface area contributed by atoms with Crippen LogP contribution >= 0.6 is 0 Å². The molecular weight excluding hydrogens is 403 g/mol. The molecule has 4 aromatic rings. The predicted molar refractivity (Wildman–Crippen MR) is 108 cm³/mol. The monoisotopic (exact) mass is 418 g/mol. The van der Waals surface area contributed by atoms with Gasteiger partial charge in [0.1, 0.15) is 52.4 Å². The van der Waals surface area contributed by atoms with E-state index < -0.39 is 17.8 Å². The molecule has 0 aromatic carbocycles. The second-order valence-corrected chi connectivity index (χ2v) is 6.45. The highest BCUT2D eigenvalue weighted by atomic mass is 19.1. The van der Waals surface area contributed by atoms with E-state index >= 15 is 0 Å². The lowest BCUT2D eigenvalue weighted by atomic mass is 10.1. The molecule has 0 saturated heterocycles. The normalized spacial score (nSPS) is 11.6. The Hall–Kier alpha value is -4.59. The molecule has 4 rings (SSSR count). The number of imidazole rings is 1. The van der Waals surface area contributed by atoms with Gasteiger partial charge in [0, 0.05) is 18.5 Å². The van der Waals surface area contributed by atoms with E-state index in [1.807, 2.05) is 6.07 Å². The maximum absolute atomic E-state index is 13.9. The molecule has 11 heteroatoms. The standard InChI is InChI=1S/C20H15FN8O2/c1-11(28-19-13(8-22)18(23)26-10-27-19)17-15(7-12(21)9-25-17)31-20(30)14-3-2-4-16-24-5-6-29(14)16/h2-7,9-11H,1H3,(H3,23,26,27,28)/t11-/m0/s1. The smallest absolute Gasteiger partial charge is 0.360 e. The maximum Gasteiger partial charge on any atom is 0.360 e. The number of hydrogen-bond acceptors (Lipinski definition) is 9. The van der Waals surface area contributed by atoms with Crippen molar-refractivity contribution in [2.45, 2.75) is 13.0 Å². The van der Waals surface area contributed by atoms with Crippen molar-refractivity contribution in [1.82, 2.24) is 24.3 Å². The fourth-order valence-corrected chi connectivity index (χ4v) is 3.00. The van der Waals surface area contributed by atoms with Crippen molar-refractivity contribution in [3.8, 4) is 11.8 Å². The molecule has 0 bridgehead atoms. The highest BCUT2D eigenvalue weighted by Crippen LogP contribution is 2.28. The number of nitrogens with one attached hydrogen (secondary N) is 1. The molecule has 0 aliphatic rings. The van der Waals surface area contributed by atoms with Gasteiger partial charge >= 0.3 is 5.97 Å². The summed E-state index contributed by atoms with van der Waals surface area (Å²) in [6, 6.07) is 7.33. The number of nitriles is 1. The Labute approximate surface area is 175 Å². The molecule has 0 radical (unpaired) electrons. The zero-order valence-corrected chi connectivity index (χ0v) is 16.2. The molecule has 3 N–H and O–H groups in total. The first-order chi connectivity index (χ1) is 15.0. The number of halogens is 1. The first kappa shape index (κ1) is 19.7. The van der Waals surface area contributed by atoms with Crippen LogP contribution in [0.3, 0.4) is 0 Å². The number of aromatic nitrogens is 5. The number of nitrogens with zero attached hydrogens (tertiary/aromatic N) is 6. The SMILES string of the molecule is C[C@H](Nc1ncnc(N)c1C#N)c1ncc(F)cc1OC(=O)c1cccc2nccn12. The summed E-state index contributed by atoms with van der Waals surface area (Å²) in [7, 11) is 0. The van der Waals surface area contributed by atoms with Crippen LogP contribution in [-0.2, 0) is 0 Å². The van der Waals surface area contributed by atoms with Gasteiger partial charge in [0.15, 0.2) is 5.75 Å². The highest BCUT2D eigenvalue weighted by Gasteiger charge is 2.21. The van der Waals surface area contributed by atoms with Gasteiger partial charge in [-0.2, -0.15) is 5.26 Å². The summed E-state index contributed by atoms with van der Waals surface area (Å²) < 4.78 is 20.9. The number of anilines is 2. The van der Waals surface area contributed by atoms with Crippen LogP contribution in [0.4, 0.5) is 16.0 Å². The maximum atomic E-state index is 13.9.